The number of H-pyrrole nitrogens is 1. The van der Waals surface area contributed by atoms with Crippen molar-refractivity contribution < 1.29 is 4.74 Å². The van der Waals surface area contributed by atoms with Gasteiger partial charge in [0.1, 0.15) is 29.5 Å². The van der Waals surface area contributed by atoms with E-state index in [1.54, 1.807) is 18.2 Å². The molecule has 4 rings (SSSR count). The summed E-state index contributed by atoms with van der Waals surface area (Å²) in [4.78, 5) is 7.90. The lowest BCUT2D eigenvalue weighted by atomic mass is 10.1. The number of nitriles is 2. The number of aromatic nitrogens is 2. The lowest BCUT2D eigenvalue weighted by molar-refractivity contribution is 0.482. The van der Waals surface area contributed by atoms with Crippen LogP contribution >= 0.6 is 15.9 Å². The van der Waals surface area contributed by atoms with Crippen molar-refractivity contribution in [3.63, 3.8) is 0 Å². The highest BCUT2D eigenvalue weighted by Crippen LogP contribution is 2.27. The van der Waals surface area contributed by atoms with Gasteiger partial charge in [0.25, 0.3) is 0 Å². The fourth-order valence-corrected chi connectivity index (χ4v) is 3.07. The van der Waals surface area contributed by atoms with Crippen LogP contribution in [0.3, 0.4) is 0 Å². The number of nitrogens with one attached hydrogen (secondary N) is 1. The van der Waals surface area contributed by atoms with Crippen LogP contribution in [-0.4, -0.2) is 9.97 Å². The number of ether oxygens (including phenoxy) is 1. The third-order valence-corrected chi connectivity index (χ3v) is 4.53. The summed E-state index contributed by atoms with van der Waals surface area (Å²) in [6.07, 6.45) is 0. The molecule has 0 fully saturated rings. The summed E-state index contributed by atoms with van der Waals surface area (Å²) < 4.78 is 6.78. The number of nitrogens with zero attached hydrogens (tertiary/aromatic N) is 3. The van der Waals surface area contributed by atoms with Crippen molar-refractivity contribution >= 4 is 27.0 Å². The molecule has 0 aliphatic rings. The predicted octanol–water partition coefficient (Wildman–Crippen LogP) is 5.53. The number of rotatable bonds is 3. The van der Waals surface area contributed by atoms with Crippen LogP contribution in [0.25, 0.3) is 22.4 Å². The summed E-state index contributed by atoms with van der Waals surface area (Å²) in [6.45, 7) is 0. The normalized spacial score (nSPS) is 10.3. The second-order valence-electron chi connectivity index (χ2n) is 5.80. The molecule has 1 aromatic heterocycles. The molecule has 0 aliphatic heterocycles. The Morgan fingerprint density at radius 1 is 0.852 bits per heavy atom. The Balaban J connectivity index is 1.58. The van der Waals surface area contributed by atoms with Crippen molar-refractivity contribution in [1.29, 1.82) is 10.5 Å². The first-order valence-electron chi connectivity index (χ1n) is 8.04. The first-order chi connectivity index (χ1) is 13.2. The lowest BCUT2D eigenvalue weighted by Gasteiger charge is -2.07. The second-order valence-corrected chi connectivity index (χ2v) is 6.72. The minimum Gasteiger partial charge on any atom is -0.457 e. The highest BCUT2D eigenvalue weighted by Gasteiger charge is 2.08. The Kier molecular flexibility index (Phi) is 4.33. The minimum absolute atomic E-state index is 0.292. The fourth-order valence-electron chi connectivity index (χ4n) is 2.71. The van der Waals surface area contributed by atoms with Crippen LogP contribution in [0.2, 0.25) is 0 Å². The molecule has 0 saturated carbocycles. The van der Waals surface area contributed by atoms with Gasteiger partial charge >= 0.3 is 0 Å². The zero-order valence-electron chi connectivity index (χ0n) is 13.9. The maximum Gasteiger partial charge on any atom is 0.138 e. The Morgan fingerprint density at radius 2 is 1.59 bits per heavy atom. The molecule has 0 aliphatic carbocycles. The van der Waals surface area contributed by atoms with E-state index in [0.717, 1.165) is 26.9 Å². The van der Waals surface area contributed by atoms with E-state index in [4.69, 9.17) is 15.3 Å². The Hall–Kier alpha value is -3.61. The minimum atomic E-state index is 0.292. The number of hydrogen-bond acceptors (Lipinski definition) is 4. The Bertz CT molecular complexity index is 1230. The van der Waals surface area contributed by atoms with Gasteiger partial charge in [0, 0.05) is 10.0 Å². The number of benzene rings is 3. The van der Waals surface area contributed by atoms with Crippen LogP contribution < -0.4 is 4.74 Å². The summed E-state index contributed by atoms with van der Waals surface area (Å²) in [5.41, 5.74) is 3.42. The zero-order valence-corrected chi connectivity index (χ0v) is 15.5. The lowest BCUT2D eigenvalue weighted by Crippen LogP contribution is -1.89. The van der Waals surface area contributed by atoms with Crippen LogP contribution in [0, 0.1) is 22.7 Å². The summed E-state index contributed by atoms with van der Waals surface area (Å²) in [5.74, 6) is 1.91. The van der Waals surface area contributed by atoms with Gasteiger partial charge in [0.15, 0.2) is 0 Å². The van der Waals surface area contributed by atoms with Crippen molar-refractivity contribution in [1.82, 2.24) is 9.97 Å². The predicted molar refractivity (Wildman–Crippen MR) is 105 cm³/mol. The summed E-state index contributed by atoms with van der Waals surface area (Å²) in [7, 11) is 0. The number of aromatic amines is 1. The molecule has 4 aromatic rings. The van der Waals surface area contributed by atoms with Gasteiger partial charge in [-0.25, -0.2) is 4.98 Å². The maximum atomic E-state index is 9.11. The molecule has 0 amide bonds. The van der Waals surface area contributed by atoms with E-state index >= 15 is 0 Å². The quantitative estimate of drug-likeness (QED) is 0.477. The average molecular weight is 415 g/mol. The van der Waals surface area contributed by atoms with Crippen LogP contribution in [0.4, 0.5) is 0 Å². The maximum absolute atomic E-state index is 9.11. The van der Waals surface area contributed by atoms with Crippen LogP contribution in [-0.2, 0) is 0 Å². The molecule has 128 valence electrons. The van der Waals surface area contributed by atoms with Crippen molar-refractivity contribution in [2.75, 3.05) is 0 Å². The van der Waals surface area contributed by atoms with E-state index in [1.165, 1.54) is 0 Å². The largest absolute Gasteiger partial charge is 0.457 e. The van der Waals surface area contributed by atoms with Crippen molar-refractivity contribution in [3.05, 3.63) is 76.3 Å². The van der Waals surface area contributed by atoms with Crippen LogP contribution in [0.1, 0.15) is 11.1 Å². The third kappa shape index (κ3) is 3.39. The molecule has 0 spiro atoms. The summed E-state index contributed by atoms with van der Waals surface area (Å²) in [5, 5.41) is 18.1. The molecule has 0 saturated heterocycles. The standard InChI is InChI=1S/C21H11BrN4O/c22-16-4-8-19-20(10-16)26-21(25-19)13-1-5-17(6-2-13)27-18-7-3-14(11-23)15(9-18)12-24/h1-10H,(H,25,26). The topological polar surface area (TPSA) is 85.5 Å². The van der Waals surface area contributed by atoms with Gasteiger partial charge in [-0.3, -0.25) is 0 Å². The van der Waals surface area contributed by atoms with E-state index < -0.39 is 0 Å². The Morgan fingerprint density at radius 3 is 2.33 bits per heavy atom. The van der Waals surface area contributed by atoms with Gasteiger partial charge in [0.05, 0.1) is 22.2 Å². The molecule has 3 aromatic carbocycles. The number of hydrogen-bond donors (Lipinski definition) is 1. The van der Waals surface area contributed by atoms with Crippen LogP contribution in [0.5, 0.6) is 11.5 Å². The number of imidazole rings is 1. The fraction of sp³-hybridized carbons (Fsp3) is 0. The molecular weight excluding hydrogens is 404 g/mol. The molecule has 0 bridgehead atoms. The molecular formula is C21H11BrN4O. The summed E-state index contributed by atoms with van der Waals surface area (Å²) >= 11 is 3.46. The van der Waals surface area contributed by atoms with Gasteiger partial charge in [0.2, 0.25) is 0 Å². The molecule has 27 heavy (non-hydrogen) atoms. The molecule has 1 heterocycles. The Labute approximate surface area is 163 Å². The second kappa shape index (κ2) is 6.95. The van der Waals surface area contributed by atoms with Gasteiger partial charge in [-0.2, -0.15) is 10.5 Å². The monoisotopic (exact) mass is 414 g/mol. The highest BCUT2D eigenvalue weighted by molar-refractivity contribution is 9.10. The average Bonchev–Trinajstić information content (AvgIpc) is 3.11. The van der Waals surface area contributed by atoms with Gasteiger partial charge in [-0.15, -0.1) is 0 Å². The smallest absolute Gasteiger partial charge is 0.138 e. The van der Waals surface area contributed by atoms with E-state index in [-0.39, 0.29) is 0 Å². The summed E-state index contributed by atoms with van der Waals surface area (Å²) in [6, 6.07) is 22.2. The van der Waals surface area contributed by atoms with Gasteiger partial charge in [-0.05, 0) is 60.7 Å². The molecule has 0 radical (unpaired) electrons. The van der Waals surface area contributed by atoms with Crippen molar-refractivity contribution in [2.24, 2.45) is 0 Å². The molecule has 6 heteroatoms. The molecule has 0 atom stereocenters. The molecule has 1 N–H and O–H groups in total. The van der Waals surface area contributed by atoms with E-state index in [1.807, 2.05) is 54.6 Å². The number of halogens is 1. The highest BCUT2D eigenvalue weighted by atomic mass is 79.9. The van der Waals surface area contributed by atoms with Crippen molar-refractivity contribution in [3.8, 4) is 35.0 Å². The first kappa shape index (κ1) is 16.8. The van der Waals surface area contributed by atoms with E-state index in [0.29, 0.717) is 22.6 Å². The molecule has 5 nitrogen and oxygen atoms in total. The first-order valence-corrected chi connectivity index (χ1v) is 8.83. The number of fused-ring (bicyclic) bond motifs is 1. The van der Waals surface area contributed by atoms with Crippen molar-refractivity contribution in [2.45, 2.75) is 0 Å². The van der Waals surface area contributed by atoms with E-state index in [9.17, 15) is 0 Å². The zero-order chi connectivity index (χ0) is 18.8. The SMILES string of the molecule is N#Cc1ccc(Oc2ccc(-c3nc4ccc(Br)cc4[nH]3)cc2)cc1C#N. The molecule has 0 unspecified atom stereocenters. The third-order valence-electron chi connectivity index (χ3n) is 4.04. The van der Waals surface area contributed by atoms with Crippen LogP contribution in [0.15, 0.2) is 65.1 Å². The van der Waals surface area contributed by atoms with Gasteiger partial charge in [-0.1, -0.05) is 15.9 Å². The van der Waals surface area contributed by atoms with E-state index in [2.05, 4.69) is 25.9 Å². The van der Waals surface area contributed by atoms with Gasteiger partial charge < -0.3 is 9.72 Å².